The molecule has 0 fully saturated rings. The lowest BCUT2D eigenvalue weighted by atomic mass is 10.1. The molecule has 116 valence electrons. The number of rotatable bonds is 10. The molecule has 2 aromatic rings. The molecule has 0 saturated heterocycles. The molecule has 0 radical (unpaired) electrons. The van der Waals surface area contributed by atoms with E-state index < -0.39 is 0 Å². The molecule has 1 heterocycles. The van der Waals surface area contributed by atoms with Gasteiger partial charge in [-0.2, -0.15) is 0 Å². The smallest absolute Gasteiger partial charge is 0.166 e. The molecule has 1 aromatic carbocycles. The molecule has 0 aliphatic rings. The summed E-state index contributed by atoms with van der Waals surface area (Å²) in [5, 5.41) is 1.07. The molecule has 0 saturated carbocycles. The van der Waals surface area contributed by atoms with Crippen molar-refractivity contribution in [2.24, 2.45) is 0 Å². The SMILES string of the molecule is CCCCCCCCCCSc1nc2ccc(C)cc2[nH]1. The number of fused-ring (bicyclic) bond motifs is 1. The van der Waals surface area contributed by atoms with E-state index >= 15 is 0 Å². The van der Waals surface area contributed by atoms with Crippen LogP contribution in [0, 0.1) is 6.92 Å². The highest BCUT2D eigenvalue weighted by atomic mass is 32.2. The Hall–Kier alpha value is -0.960. The minimum absolute atomic E-state index is 1.07. The van der Waals surface area contributed by atoms with Crippen molar-refractivity contribution in [2.45, 2.75) is 70.4 Å². The monoisotopic (exact) mass is 304 g/mol. The molecule has 0 aliphatic heterocycles. The van der Waals surface area contributed by atoms with Crippen LogP contribution in [-0.2, 0) is 0 Å². The van der Waals surface area contributed by atoms with Gasteiger partial charge in [-0.25, -0.2) is 4.98 Å². The lowest BCUT2D eigenvalue weighted by molar-refractivity contribution is 0.586. The zero-order chi connectivity index (χ0) is 14.9. The van der Waals surface area contributed by atoms with Gasteiger partial charge in [0.1, 0.15) is 0 Å². The van der Waals surface area contributed by atoms with Gasteiger partial charge in [-0.15, -0.1) is 0 Å². The number of imidazole rings is 1. The van der Waals surface area contributed by atoms with Gasteiger partial charge in [-0.3, -0.25) is 0 Å². The number of H-pyrrole nitrogens is 1. The van der Waals surface area contributed by atoms with E-state index in [1.807, 2.05) is 11.8 Å². The van der Waals surface area contributed by atoms with Crippen molar-refractivity contribution in [1.29, 1.82) is 0 Å². The van der Waals surface area contributed by atoms with Crippen molar-refractivity contribution in [3.8, 4) is 0 Å². The average Bonchev–Trinajstić information content (AvgIpc) is 2.87. The summed E-state index contributed by atoms with van der Waals surface area (Å²) in [6.07, 6.45) is 11.0. The number of hydrogen-bond acceptors (Lipinski definition) is 2. The maximum Gasteiger partial charge on any atom is 0.166 e. The second-order valence-electron chi connectivity index (χ2n) is 5.89. The molecule has 2 rings (SSSR count). The molecule has 0 spiro atoms. The summed E-state index contributed by atoms with van der Waals surface area (Å²) in [5.41, 5.74) is 3.53. The van der Waals surface area contributed by atoms with Gasteiger partial charge in [0, 0.05) is 5.75 Å². The number of nitrogens with one attached hydrogen (secondary N) is 1. The number of hydrogen-bond donors (Lipinski definition) is 1. The van der Waals surface area contributed by atoms with Crippen LogP contribution >= 0.6 is 11.8 Å². The molecule has 0 bridgehead atoms. The predicted octanol–water partition coefficient (Wildman–Crippen LogP) is 6.10. The van der Waals surface area contributed by atoms with Crippen molar-refractivity contribution < 1.29 is 0 Å². The summed E-state index contributed by atoms with van der Waals surface area (Å²) >= 11 is 1.86. The van der Waals surface area contributed by atoms with Crippen molar-refractivity contribution in [3.05, 3.63) is 23.8 Å². The second kappa shape index (κ2) is 9.14. The molecule has 0 amide bonds. The first kappa shape index (κ1) is 16.4. The first-order chi connectivity index (χ1) is 10.3. The third kappa shape index (κ3) is 5.74. The third-order valence-electron chi connectivity index (χ3n) is 3.85. The van der Waals surface area contributed by atoms with Crippen molar-refractivity contribution in [2.75, 3.05) is 5.75 Å². The van der Waals surface area contributed by atoms with E-state index in [0.29, 0.717) is 0 Å². The minimum atomic E-state index is 1.07. The van der Waals surface area contributed by atoms with Gasteiger partial charge < -0.3 is 4.98 Å². The van der Waals surface area contributed by atoms with Gasteiger partial charge in [0.25, 0.3) is 0 Å². The molecule has 3 heteroatoms. The Morgan fingerprint density at radius 1 is 1.00 bits per heavy atom. The summed E-state index contributed by atoms with van der Waals surface area (Å²) in [4.78, 5) is 8.04. The number of aromatic nitrogens is 2. The van der Waals surface area contributed by atoms with Gasteiger partial charge in [0.15, 0.2) is 5.16 Å². The quantitative estimate of drug-likeness (QED) is 0.424. The van der Waals surface area contributed by atoms with E-state index in [1.165, 1.54) is 62.7 Å². The second-order valence-corrected chi connectivity index (χ2v) is 6.97. The summed E-state index contributed by atoms with van der Waals surface area (Å²) in [6.45, 7) is 4.39. The van der Waals surface area contributed by atoms with E-state index in [4.69, 9.17) is 0 Å². The van der Waals surface area contributed by atoms with Crippen molar-refractivity contribution in [3.63, 3.8) is 0 Å². The summed E-state index contributed by atoms with van der Waals surface area (Å²) in [6, 6.07) is 6.39. The van der Waals surface area contributed by atoms with Crippen LogP contribution in [0.15, 0.2) is 23.4 Å². The van der Waals surface area contributed by atoms with Gasteiger partial charge in [-0.05, 0) is 31.0 Å². The maximum atomic E-state index is 4.63. The zero-order valence-electron chi connectivity index (χ0n) is 13.5. The standard InChI is InChI=1S/C18H28N2S/c1-3-4-5-6-7-8-9-10-13-21-18-19-16-12-11-15(2)14-17(16)20-18/h11-12,14H,3-10,13H2,1-2H3,(H,19,20). The zero-order valence-corrected chi connectivity index (χ0v) is 14.3. The third-order valence-corrected chi connectivity index (χ3v) is 4.81. The molecular formula is C18H28N2S. The highest BCUT2D eigenvalue weighted by Gasteiger charge is 2.03. The van der Waals surface area contributed by atoms with E-state index in [0.717, 1.165) is 16.2 Å². The topological polar surface area (TPSA) is 28.7 Å². The van der Waals surface area contributed by atoms with Crippen molar-refractivity contribution in [1.82, 2.24) is 9.97 Å². The van der Waals surface area contributed by atoms with E-state index in [9.17, 15) is 0 Å². The fraction of sp³-hybridized carbons (Fsp3) is 0.611. The van der Waals surface area contributed by atoms with Crippen LogP contribution < -0.4 is 0 Å². The fourth-order valence-electron chi connectivity index (χ4n) is 2.57. The van der Waals surface area contributed by atoms with Crippen LogP contribution in [0.5, 0.6) is 0 Å². The highest BCUT2D eigenvalue weighted by molar-refractivity contribution is 7.99. The van der Waals surface area contributed by atoms with Gasteiger partial charge >= 0.3 is 0 Å². The number of unbranched alkanes of at least 4 members (excludes halogenated alkanes) is 7. The molecule has 0 unspecified atom stereocenters. The van der Waals surface area contributed by atoms with Crippen LogP contribution in [0.4, 0.5) is 0 Å². The molecule has 0 aliphatic carbocycles. The van der Waals surface area contributed by atoms with Crippen LogP contribution in [0.25, 0.3) is 11.0 Å². The van der Waals surface area contributed by atoms with Gasteiger partial charge in [-0.1, -0.05) is 69.7 Å². The lowest BCUT2D eigenvalue weighted by Crippen LogP contribution is -1.84. The van der Waals surface area contributed by atoms with Gasteiger partial charge in [0.2, 0.25) is 0 Å². The van der Waals surface area contributed by atoms with Crippen LogP contribution in [0.2, 0.25) is 0 Å². The molecule has 2 nitrogen and oxygen atoms in total. The predicted molar refractivity (Wildman–Crippen MR) is 94.2 cm³/mol. The highest BCUT2D eigenvalue weighted by Crippen LogP contribution is 2.21. The fourth-order valence-corrected chi connectivity index (χ4v) is 3.46. The maximum absolute atomic E-state index is 4.63. The molecule has 1 N–H and O–H groups in total. The number of benzene rings is 1. The average molecular weight is 305 g/mol. The molecule has 21 heavy (non-hydrogen) atoms. The Morgan fingerprint density at radius 3 is 2.48 bits per heavy atom. The number of aromatic amines is 1. The van der Waals surface area contributed by atoms with Crippen LogP contribution in [0.1, 0.15) is 63.9 Å². The number of aryl methyl sites for hydroxylation is 1. The Morgan fingerprint density at radius 2 is 1.71 bits per heavy atom. The number of thioether (sulfide) groups is 1. The summed E-state index contributed by atoms with van der Waals surface area (Å²) in [5.74, 6) is 1.17. The van der Waals surface area contributed by atoms with E-state index in [-0.39, 0.29) is 0 Å². The van der Waals surface area contributed by atoms with E-state index in [1.54, 1.807) is 0 Å². The largest absolute Gasteiger partial charge is 0.333 e. The summed E-state index contributed by atoms with van der Waals surface area (Å²) < 4.78 is 0. The Labute approximate surface area is 133 Å². The summed E-state index contributed by atoms with van der Waals surface area (Å²) in [7, 11) is 0. The molecule has 1 aromatic heterocycles. The first-order valence-electron chi connectivity index (χ1n) is 8.39. The minimum Gasteiger partial charge on any atom is -0.333 e. The van der Waals surface area contributed by atoms with E-state index in [2.05, 4.69) is 42.0 Å². The van der Waals surface area contributed by atoms with Gasteiger partial charge in [0.05, 0.1) is 11.0 Å². The van der Waals surface area contributed by atoms with Crippen LogP contribution in [-0.4, -0.2) is 15.7 Å². The number of nitrogens with zero attached hydrogens (tertiary/aromatic N) is 1. The first-order valence-corrected chi connectivity index (χ1v) is 9.37. The van der Waals surface area contributed by atoms with Crippen LogP contribution in [0.3, 0.4) is 0 Å². The van der Waals surface area contributed by atoms with Crippen molar-refractivity contribution >= 4 is 22.8 Å². The Bertz CT molecular complexity index is 533. The normalized spacial score (nSPS) is 11.3. The Balaban J connectivity index is 1.59. The molecular weight excluding hydrogens is 276 g/mol. The molecule has 0 atom stereocenters. The Kier molecular flexibility index (Phi) is 7.14. The lowest BCUT2D eigenvalue weighted by Gasteiger charge is -2.01.